The van der Waals surface area contributed by atoms with Gasteiger partial charge in [-0.05, 0) is 23.8 Å². The smallest absolute Gasteiger partial charge is 0.418 e. The van der Waals surface area contributed by atoms with Gasteiger partial charge < -0.3 is 9.14 Å². The highest BCUT2D eigenvalue weighted by atomic mass is 16.5. The molecule has 4 aromatic rings. The van der Waals surface area contributed by atoms with Crippen LogP contribution >= 0.6 is 0 Å². The minimum atomic E-state index is -0.400. The number of rotatable bonds is 2. The molecule has 0 bridgehead atoms. The molecule has 0 spiro atoms. The SMILES string of the molecule is COC(=O)N1C=C[C@@H](c2ccc3cnc(-c4ccccc4)cn23)c2ccccc21. The molecule has 0 aliphatic carbocycles. The summed E-state index contributed by atoms with van der Waals surface area (Å²) in [6.07, 6.45) is 7.39. The summed E-state index contributed by atoms with van der Waals surface area (Å²) in [5, 5.41) is 0. The first kappa shape index (κ1) is 17.3. The maximum Gasteiger partial charge on any atom is 0.418 e. The van der Waals surface area contributed by atoms with Gasteiger partial charge in [0, 0.05) is 29.6 Å². The Bertz CT molecular complexity index is 1230. The molecule has 1 atom stereocenters. The number of nitrogens with zero attached hydrogens (tertiary/aromatic N) is 3. The first-order chi connectivity index (χ1) is 14.3. The van der Waals surface area contributed by atoms with E-state index < -0.39 is 6.09 Å². The quantitative estimate of drug-likeness (QED) is 0.477. The number of carbonyl (C=O) groups excluding carboxylic acids is 1. The number of methoxy groups -OCH3 is 1. The molecule has 1 aliphatic rings. The lowest BCUT2D eigenvalue weighted by Crippen LogP contribution is -2.29. The largest absolute Gasteiger partial charge is 0.452 e. The summed E-state index contributed by atoms with van der Waals surface area (Å²) < 4.78 is 7.11. The molecule has 1 amide bonds. The van der Waals surface area contributed by atoms with E-state index in [4.69, 9.17) is 4.74 Å². The molecule has 2 aromatic carbocycles. The normalized spacial score (nSPS) is 15.3. The summed E-state index contributed by atoms with van der Waals surface area (Å²) in [5.41, 5.74) is 6.02. The van der Waals surface area contributed by atoms with Gasteiger partial charge in [-0.3, -0.25) is 9.88 Å². The Hall–Kier alpha value is -3.86. The zero-order chi connectivity index (χ0) is 19.8. The van der Waals surface area contributed by atoms with Gasteiger partial charge in [-0.25, -0.2) is 4.79 Å². The van der Waals surface area contributed by atoms with Crippen molar-refractivity contribution >= 4 is 17.3 Å². The molecule has 5 heteroatoms. The highest BCUT2D eigenvalue weighted by Crippen LogP contribution is 2.38. The number of benzene rings is 2. The second kappa shape index (κ2) is 6.95. The van der Waals surface area contributed by atoms with E-state index in [1.165, 1.54) is 7.11 Å². The van der Waals surface area contributed by atoms with Gasteiger partial charge in [-0.2, -0.15) is 0 Å². The van der Waals surface area contributed by atoms with E-state index in [9.17, 15) is 4.79 Å². The molecule has 0 unspecified atom stereocenters. The highest BCUT2D eigenvalue weighted by molar-refractivity contribution is 5.92. The molecule has 0 radical (unpaired) electrons. The third kappa shape index (κ3) is 2.88. The molecular formula is C24H19N3O2. The molecule has 29 heavy (non-hydrogen) atoms. The summed E-state index contributed by atoms with van der Waals surface area (Å²) in [6, 6.07) is 22.2. The lowest BCUT2D eigenvalue weighted by atomic mass is 9.91. The minimum Gasteiger partial charge on any atom is -0.452 e. The fraction of sp³-hybridized carbons (Fsp3) is 0.0833. The first-order valence-electron chi connectivity index (χ1n) is 9.43. The van der Waals surface area contributed by atoms with Crippen LogP contribution in [0.4, 0.5) is 10.5 Å². The zero-order valence-electron chi connectivity index (χ0n) is 15.9. The Kier molecular flexibility index (Phi) is 4.13. The van der Waals surface area contributed by atoms with Gasteiger partial charge in [0.05, 0.1) is 30.2 Å². The van der Waals surface area contributed by atoms with E-state index in [-0.39, 0.29) is 5.92 Å². The second-order valence-corrected chi connectivity index (χ2v) is 6.91. The number of hydrogen-bond acceptors (Lipinski definition) is 3. The van der Waals surface area contributed by atoms with Crippen LogP contribution in [0.2, 0.25) is 0 Å². The average molecular weight is 381 g/mol. The number of carbonyl (C=O) groups is 1. The second-order valence-electron chi connectivity index (χ2n) is 6.91. The van der Waals surface area contributed by atoms with Crippen LogP contribution in [0.5, 0.6) is 0 Å². The van der Waals surface area contributed by atoms with Gasteiger partial charge in [0.25, 0.3) is 0 Å². The molecule has 2 aromatic heterocycles. The molecule has 0 saturated heterocycles. The fourth-order valence-corrected chi connectivity index (χ4v) is 3.88. The predicted octanol–water partition coefficient (Wildman–Crippen LogP) is 5.23. The van der Waals surface area contributed by atoms with Crippen molar-refractivity contribution in [2.45, 2.75) is 5.92 Å². The summed E-state index contributed by atoms with van der Waals surface area (Å²) >= 11 is 0. The van der Waals surface area contributed by atoms with Crippen molar-refractivity contribution in [2.24, 2.45) is 0 Å². The third-order valence-corrected chi connectivity index (χ3v) is 5.29. The van der Waals surface area contributed by atoms with Crippen molar-refractivity contribution in [2.75, 3.05) is 12.0 Å². The number of fused-ring (bicyclic) bond motifs is 2. The third-order valence-electron chi connectivity index (χ3n) is 5.29. The molecular weight excluding hydrogens is 362 g/mol. The van der Waals surface area contributed by atoms with Crippen molar-refractivity contribution in [1.29, 1.82) is 0 Å². The molecule has 5 nitrogen and oxygen atoms in total. The van der Waals surface area contributed by atoms with Crippen LogP contribution in [0, 0.1) is 0 Å². The number of para-hydroxylation sites is 1. The summed E-state index contributed by atoms with van der Waals surface area (Å²) in [7, 11) is 1.39. The maximum atomic E-state index is 12.2. The van der Waals surface area contributed by atoms with Gasteiger partial charge in [0.1, 0.15) is 0 Å². The van der Waals surface area contributed by atoms with E-state index in [1.807, 2.05) is 48.7 Å². The summed E-state index contributed by atoms with van der Waals surface area (Å²) in [6.45, 7) is 0. The standard InChI is InChI=1S/C24H19N3O2/c1-29-24(28)26-14-13-20(19-9-5-6-10-22(19)26)23-12-11-18-15-25-21(16-27(18)23)17-7-3-2-4-8-17/h2-16,20H,1H3/t20-/m1/s1. The van der Waals surface area contributed by atoms with Gasteiger partial charge in [-0.1, -0.05) is 54.6 Å². The Morgan fingerprint density at radius 1 is 1.00 bits per heavy atom. The molecule has 142 valence electrons. The Morgan fingerprint density at radius 2 is 1.79 bits per heavy atom. The number of ether oxygens (including phenoxy) is 1. The van der Waals surface area contributed by atoms with Crippen LogP contribution in [0.25, 0.3) is 16.8 Å². The van der Waals surface area contributed by atoms with Crippen molar-refractivity contribution in [3.05, 3.63) is 103 Å². The number of anilines is 1. The average Bonchev–Trinajstić information content (AvgIpc) is 3.21. The summed E-state index contributed by atoms with van der Waals surface area (Å²) in [4.78, 5) is 18.3. The predicted molar refractivity (Wildman–Crippen MR) is 113 cm³/mol. The van der Waals surface area contributed by atoms with E-state index >= 15 is 0 Å². The van der Waals surface area contributed by atoms with Crippen LogP contribution in [0.1, 0.15) is 17.2 Å². The molecule has 3 heterocycles. The van der Waals surface area contributed by atoms with E-state index in [1.54, 1.807) is 11.1 Å². The van der Waals surface area contributed by atoms with E-state index in [0.29, 0.717) is 0 Å². The van der Waals surface area contributed by atoms with Crippen LogP contribution in [-0.2, 0) is 4.74 Å². The van der Waals surface area contributed by atoms with E-state index in [2.05, 4.69) is 45.9 Å². The zero-order valence-corrected chi connectivity index (χ0v) is 15.9. The minimum absolute atomic E-state index is 0.0145. The lowest BCUT2D eigenvalue weighted by molar-refractivity contribution is 0.181. The van der Waals surface area contributed by atoms with Crippen LogP contribution in [-0.4, -0.2) is 22.6 Å². The van der Waals surface area contributed by atoms with Gasteiger partial charge in [-0.15, -0.1) is 0 Å². The van der Waals surface area contributed by atoms with Crippen molar-refractivity contribution in [3.63, 3.8) is 0 Å². The number of allylic oxidation sites excluding steroid dienone is 1. The first-order valence-corrected chi connectivity index (χ1v) is 9.43. The molecule has 1 aliphatic heterocycles. The van der Waals surface area contributed by atoms with Gasteiger partial charge >= 0.3 is 6.09 Å². The molecule has 0 N–H and O–H groups in total. The Morgan fingerprint density at radius 3 is 2.62 bits per heavy atom. The maximum absolute atomic E-state index is 12.2. The van der Waals surface area contributed by atoms with E-state index in [0.717, 1.165) is 33.7 Å². The van der Waals surface area contributed by atoms with Crippen molar-refractivity contribution in [3.8, 4) is 11.3 Å². The van der Waals surface area contributed by atoms with Crippen LogP contribution in [0.3, 0.4) is 0 Å². The van der Waals surface area contributed by atoms with Crippen LogP contribution < -0.4 is 4.90 Å². The topological polar surface area (TPSA) is 46.8 Å². The van der Waals surface area contributed by atoms with Crippen molar-refractivity contribution < 1.29 is 9.53 Å². The monoisotopic (exact) mass is 381 g/mol. The highest BCUT2D eigenvalue weighted by Gasteiger charge is 2.27. The molecule has 5 rings (SSSR count). The lowest BCUT2D eigenvalue weighted by Gasteiger charge is -2.28. The Labute approximate surface area is 168 Å². The number of hydrogen-bond donors (Lipinski definition) is 0. The fourth-order valence-electron chi connectivity index (χ4n) is 3.88. The van der Waals surface area contributed by atoms with Crippen LogP contribution in [0.15, 0.2) is 91.4 Å². The number of amides is 1. The van der Waals surface area contributed by atoms with Crippen molar-refractivity contribution in [1.82, 2.24) is 9.38 Å². The molecule has 0 fully saturated rings. The van der Waals surface area contributed by atoms with Gasteiger partial charge in [0.15, 0.2) is 0 Å². The Balaban J connectivity index is 1.64. The number of aromatic nitrogens is 2. The van der Waals surface area contributed by atoms with Gasteiger partial charge in [0.2, 0.25) is 0 Å². The summed E-state index contributed by atoms with van der Waals surface area (Å²) in [5.74, 6) is 0.0145. The molecule has 0 saturated carbocycles.